The highest BCUT2D eigenvalue weighted by Crippen LogP contribution is 1.97. The van der Waals surface area contributed by atoms with Crippen LogP contribution in [-0.4, -0.2) is 24.8 Å². The van der Waals surface area contributed by atoms with Gasteiger partial charge >= 0.3 is 0 Å². The average Bonchev–Trinajstić information content (AvgIpc) is 2.05. The molecule has 2 nitrogen and oxygen atoms in total. The van der Waals surface area contributed by atoms with Crippen LogP contribution in [0, 0.1) is 0 Å². The normalized spacial score (nSPS) is 29.6. The Morgan fingerprint density at radius 1 is 1.50 bits per heavy atom. The number of allylic oxidation sites excluding steroid dienone is 2. The van der Waals surface area contributed by atoms with E-state index in [0.29, 0.717) is 6.04 Å². The van der Waals surface area contributed by atoms with Crippen molar-refractivity contribution in [3.05, 3.63) is 24.3 Å². The summed E-state index contributed by atoms with van der Waals surface area (Å²) in [5.74, 6) is 0. The van der Waals surface area contributed by atoms with Crippen LogP contribution >= 0.6 is 0 Å². The number of nitrogens with one attached hydrogen (secondary N) is 2. The summed E-state index contributed by atoms with van der Waals surface area (Å²) >= 11 is 0. The standard InChI is InChI=1S/C8H10N2/c1-2-4-8-7(3-1)9-5-6-10-8/h1-4,7,9H,5-6H2/p+1. The molecule has 0 amide bonds. The van der Waals surface area contributed by atoms with Crippen LogP contribution in [0.5, 0.6) is 0 Å². The van der Waals surface area contributed by atoms with Gasteiger partial charge in [0.25, 0.3) is 0 Å². The molecule has 0 aromatic carbocycles. The van der Waals surface area contributed by atoms with Gasteiger partial charge in [-0.25, -0.2) is 4.99 Å². The van der Waals surface area contributed by atoms with Crippen molar-refractivity contribution in [1.29, 1.82) is 0 Å². The van der Waals surface area contributed by atoms with Gasteiger partial charge < -0.3 is 0 Å². The molecule has 0 spiro atoms. The molecule has 2 N–H and O–H groups in total. The van der Waals surface area contributed by atoms with Crippen LogP contribution < -0.4 is 10.3 Å². The predicted molar refractivity (Wildman–Crippen MR) is 40.9 cm³/mol. The van der Waals surface area contributed by atoms with Crippen LogP contribution in [0.1, 0.15) is 0 Å². The first-order valence-electron chi connectivity index (χ1n) is 3.66. The Labute approximate surface area is 60.3 Å². The number of hydrogen-bond donors (Lipinski definition) is 2. The third kappa shape index (κ3) is 0.907. The lowest BCUT2D eigenvalue weighted by Crippen LogP contribution is -2.81. The van der Waals surface area contributed by atoms with Gasteiger partial charge in [-0.2, -0.15) is 0 Å². The van der Waals surface area contributed by atoms with Crippen LogP contribution in [0.15, 0.2) is 24.3 Å². The third-order valence-corrected chi connectivity index (χ3v) is 1.84. The molecule has 1 atom stereocenters. The van der Waals surface area contributed by atoms with Crippen LogP contribution in [0.2, 0.25) is 0 Å². The molecule has 0 aromatic rings. The van der Waals surface area contributed by atoms with E-state index in [0.717, 1.165) is 13.1 Å². The maximum absolute atomic E-state index is 3.38. The average molecular weight is 135 g/mol. The van der Waals surface area contributed by atoms with Gasteiger partial charge in [-0.1, -0.05) is 18.2 Å². The van der Waals surface area contributed by atoms with Gasteiger partial charge in [0.2, 0.25) is 0 Å². The molecule has 0 saturated carbocycles. The van der Waals surface area contributed by atoms with Crippen LogP contribution in [0.3, 0.4) is 0 Å². The Balaban J connectivity index is 2.27. The third-order valence-electron chi connectivity index (χ3n) is 1.84. The molecule has 0 fully saturated rings. The summed E-state index contributed by atoms with van der Waals surface area (Å²) < 4.78 is 0. The Kier molecular flexibility index (Phi) is 1.40. The zero-order valence-electron chi connectivity index (χ0n) is 5.80. The second kappa shape index (κ2) is 2.39. The predicted octanol–water partition coefficient (Wildman–Crippen LogP) is -1.39. The summed E-state index contributed by atoms with van der Waals surface area (Å²) in [6, 6.07) is 0.443. The quantitative estimate of drug-likeness (QED) is 0.420. The molecular formula is C8H11N2+. The molecule has 0 bridgehead atoms. The Morgan fingerprint density at radius 3 is 3.40 bits per heavy atom. The fraction of sp³-hybridized carbons (Fsp3) is 0.375. The van der Waals surface area contributed by atoms with Crippen molar-refractivity contribution < 1.29 is 4.99 Å². The lowest BCUT2D eigenvalue weighted by molar-refractivity contribution is -0.460. The second-order valence-corrected chi connectivity index (χ2v) is 2.56. The van der Waals surface area contributed by atoms with Crippen molar-refractivity contribution in [1.82, 2.24) is 5.32 Å². The summed E-state index contributed by atoms with van der Waals surface area (Å²) in [6.07, 6.45) is 8.43. The minimum Gasteiger partial charge on any atom is -0.296 e. The monoisotopic (exact) mass is 135 g/mol. The summed E-state index contributed by atoms with van der Waals surface area (Å²) in [4.78, 5) is 3.34. The minimum atomic E-state index is 0.443. The molecular weight excluding hydrogens is 124 g/mol. The van der Waals surface area contributed by atoms with Gasteiger partial charge in [-0.3, -0.25) is 5.32 Å². The lowest BCUT2D eigenvalue weighted by Gasteiger charge is -2.16. The topological polar surface area (TPSA) is 26.0 Å². The molecule has 1 aliphatic carbocycles. The first kappa shape index (κ1) is 5.86. The number of hydrogen-bond acceptors (Lipinski definition) is 1. The van der Waals surface area contributed by atoms with Gasteiger partial charge in [0.1, 0.15) is 6.04 Å². The molecule has 2 aliphatic rings. The van der Waals surface area contributed by atoms with E-state index in [9.17, 15) is 0 Å². The van der Waals surface area contributed by atoms with E-state index in [4.69, 9.17) is 0 Å². The molecule has 1 heterocycles. The van der Waals surface area contributed by atoms with E-state index < -0.39 is 0 Å². The first-order chi connectivity index (χ1) is 4.97. The van der Waals surface area contributed by atoms with Crippen LogP contribution in [-0.2, 0) is 0 Å². The first-order valence-corrected chi connectivity index (χ1v) is 3.66. The van der Waals surface area contributed by atoms with Gasteiger partial charge in [0.05, 0.1) is 6.54 Å². The summed E-state index contributed by atoms with van der Waals surface area (Å²) in [6.45, 7) is 2.11. The Hall–Kier alpha value is -0.890. The largest absolute Gasteiger partial charge is 0.296 e. The molecule has 52 valence electrons. The van der Waals surface area contributed by atoms with E-state index in [-0.39, 0.29) is 0 Å². The maximum atomic E-state index is 3.38. The SMILES string of the molecule is C1=CC2=[NH+]CCNC2C=C1. The maximum Gasteiger partial charge on any atom is 0.195 e. The molecule has 0 saturated heterocycles. The van der Waals surface area contributed by atoms with Crippen molar-refractivity contribution in [3.63, 3.8) is 0 Å². The summed E-state index contributed by atoms with van der Waals surface area (Å²) in [5, 5.41) is 3.38. The fourth-order valence-electron chi connectivity index (χ4n) is 1.32. The molecule has 2 heteroatoms. The van der Waals surface area contributed by atoms with E-state index >= 15 is 0 Å². The van der Waals surface area contributed by atoms with Gasteiger partial charge in [0.15, 0.2) is 12.3 Å². The molecule has 1 unspecified atom stereocenters. The van der Waals surface area contributed by atoms with Gasteiger partial charge in [-0.05, 0) is 0 Å². The lowest BCUT2D eigenvalue weighted by atomic mass is 10.1. The molecule has 1 aliphatic heterocycles. The van der Waals surface area contributed by atoms with Gasteiger partial charge in [-0.15, -0.1) is 0 Å². The highest BCUT2D eigenvalue weighted by molar-refractivity contribution is 5.97. The van der Waals surface area contributed by atoms with Gasteiger partial charge in [0, 0.05) is 6.08 Å². The smallest absolute Gasteiger partial charge is 0.195 e. The molecule has 2 rings (SSSR count). The van der Waals surface area contributed by atoms with E-state index in [2.05, 4.69) is 34.6 Å². The van der Waals surface area contributed by atoms with Crippen molar-refractivity contribution >= 4 is 5.71 Å². The number of fused-ring (bicyclic) bond motifs is 1. The Bertz CT molecular complexity index is 213. The van der Waals surface area contributed by atoms with E-state index in [1.807, 2.05) is 0 Å². The zero-order valence-corrected chi connectivity index (χ0v) is 5.80. The van der Waals surface area contributed by atoms with E-state index in [1.165, 1.54) is 5.71 Å². The Morgan fingerprint density at radius 2 is 2.50 bits per heavy atom. The molecule has 0 aromatic heterocycles. The fourth-order valence-corrected chi connectivity index (χ4v) is 1.32. The highest BCUT2D eigenvalue weighted by atomic mass is 15.0. The van der Waals surface area contributed by atoms with Crippen molar-refractivity contribution in [2.45, 2.75) is 6.04 Å². The van der Waals surface area contributed by atoms with Crippen LogP contribution in [0.25, 0.3) is 0 Å². The zero-order chi connectivity index (χ0) is 6.81. The van der Waals surface area contributed by atoms with E-state index in [1.54, 1.807) is 0 Å². The number of rotatable bonds is 0. The summed E-state index contributed by atoms with van der Waals surface area (Å²) in [5.41, 5.74) is 1.30. The van der Waals surface area contributed by atoms with Crippen molar-refractivity contribution in [2.75, 3.05) is 13.1 Å². The van der Waals surface area contributed by atoms with Crippen molar-refractivity contribution in [3.8, 4) is 0 Å². The molecule has 10 heavy (non-hydrogen) atoms. The molecule has 0 radical (unpaired) electrons. The van der Waals surface area contributed by atoms with Crippen molar-refractivity contribution in [2.24, 2.45) is 0 Å². The summed E-state index contributed by atoms with van der Waals surface area (Å²) in [7, 11) is 0. The second-order valence-electron chi connectivity index (χ2n) is 2.56. The minimum absolute atomic E-state index is 0.443. The highest BCUT2D eigenvalue weighted by Gasteiger charge is 2.19. The van der Waals surface area contributed by atoms with Crippen LogP contribution in [0.4, 0.5) is 0 Å².